The average Bonchev–Trinajstić information content (AvgIpc) is 2.21. The maximum Gasteiger partial charge on any atom is 0.116 e. The minimum Gasteiger partial charge on any atom is -0.512 e. The first-order chi connectivity index (χ1) is 6.77. The standard InChI is InChI=1S/C10H10O2.C2H6/c11-8-4-5-9-7(6-8)2-1-3-10(9)12;1-2/h2,4-6,11-12H,1,3H2;1-2H3. The lowest BCUT2D eigenvalue weighted by molar-refractivity contribution is 0.470. The van der Waals surface area contributed by atoms with Crippen molar-refractivity contribution in [3.63, 3.8) is 0 Å². The van der Waals surface area contributed by atoms with Gasteiger partial charge in [-0.2, -0.15) is 0 Å². The third kappa shape index (κ3) is 2.08. The molecule has 0 saturated carbocycles. The normalized spacial score (nSPS) is 13.4. The van der Waals surface area contributed by atoms with Crippen LogP contribution in [0.3, 0.4) is 0 Å². The zero-order valence-electron chi connectivity index (χ0n) is 8.62. The molecule has 0 spiro atoms. The summed E-state index contributed by atoms with van der Waals surface area (Å²) in [5, 5.41) is 20.4. The van der Waals surface area contributed by atoms with Crippen molar-refractivity contribution in [2.75, 3.05) is 0 Å². The van der Waals surface area contributed by atoms with Gasteiger partial charge in [0.1, 0.15) is 11.5 Å². The maximum atomic E-state index is 9.47. The lowest BCUT2D eigenvalue weighted by Gasteiger charge is -2.04. The van der Waals surface area contributed by atoms with E-state index in [1.165, 1.54) is 0 Å². The number of phenolic OH excluding ortho intramolecular Hbond substituents is 1. The molecule has 1 aliphatic carbocycles. The average molecular weight is 192 g/mol. The molecule has 0 fully saturated rings. The zero-order valence-corrected chi connectivity index (χ0v) is 8.62. The second-order valence-electron chi connectivity index (χ2n) is 2.96. The first kappa shape index (κ1) is 10.6. The summed E-state index contributed by atoms with van der Waals surface area (Å²) in [5.74, 6) is 0.673. The zero-order chi connectivity index (χ0) is 10.6. The van der Waals surface area contributed by atoms with Crippen LogP contribution in [0.2, 0.25) is 0 Å². The van der Waals surface area contributed by atoms with Crippen LogP contribution < -0.4 is 10.4 Å². The second-order valence-corrected chi connectivity index (χ2v) is 2.96. The number of phenols is 1. The minimum atomic E-state index is 0.250. The molecule has 76 valence electrons. The number of fused-ring (bicyclic) bond motifs is 1. The number of hydrogen-bond donors (Lipinski definition) is 2. The molecule has 1 aromatic carbocycles. The molecule has 14 heavy (non-hydrogen) atoms. The molecule has 0 saturated heterocycles. The number of rotatable bonds is 0. The summed E-state index contributed by atoms with van der Waals surface area (Å²) in [6.45, 7) is 4.00. The van der Waals surface area contributed by atoms with Crippen LogP contribution in [0.15, 0.2) is 18.2 Å². The Morgan fingerprint density at radius 2 is 1.86 bits per heavy atom. The van der Waals surface area contributed by atoms with Gasteiger partial charge in [-0.05, 0) is 29.8 Å². The Morgan fingerprint density at radius 1 is 1.14 bits per heavy atom. The monoisotopic (exact) mass is 192 g/mol. The Hall–Kier alpha value is -1.44. The maximum absolute atomic E-state index is 9.47. The molecule has 2 N–H and O–H groups in total. The Bertz CT molecular complexity index is 418. The van der Waals surface area contributed by atoms with E-state index in [-0.39, 0.29) is 5.75 Å². The van der Waals surface area contributed by atoms with Crippen molar-refractivity contribution >= 4 is 11.8 Å². The van der Waals surface area contributed by atoms with Gasteiger partial charge in [0.2, 0.25) is 0 Å². The lowest BCUT2D eigenvalue weighted by atomic mass is 10.1. The molecular formula is C12H16O2. The molecule has 1 aromatic rings. The summed E-state index contributed by atoms with van der Waals surface area (Å²) in [7, 11) is 0. The van der Waals surface area contributed by atoms with Gasteiger partial charge in [-0.3, -0.25) is 0 Å². The van der Waals surface area contributed by atoms with E-state index in [9.17, 15) is 5.11 Å². The predicted molar refractivity (Wildman–Crippen MR) is 58.4 cm³/mol. The van der Waals surface area contributed by atoms with Crippen LogP contribution in [0.25, 0.3) is 11.8 Å². The van der Waals surface area contributed by atoms with E-state index in [4.69, 9.17) is 5.11 Å². The Morgan fingerprint density at radius 3 is 2.57 bits per heavy atom. The molecule has 0 unspecified atom stereocenters. The highest BCUT2D eigenvalue weighted by Crippen LogP contribution is 2.06. The van der Waals surface area contributed by atoms with Gasteiger partial charge in [0.05, 0.1) is 0 Å². The van der Waals surface area contributed by atoms with Crippen molar-refractivity contribution in [1.82, 2.24) is 0 Å². The SMILES string of the molecule is CC.OC1=c2ccc(O)cc2=CCC1. The third-order valence-electron chi connectivity index (χ3n) is 2.09. The number of aliphatic hydroxyl groups excluding tert-OH is 1. The van der Waals surface area contributed by atoms with Gasteiger partial charge in [0.25, 0.3) is 0 Å². The van der Waals surface area contributed by atoms with Gasteiger partial charge in [-0.25, -0.2) is 0 Å². The molecule has 0 heterocycles. The molecule has 1 aliphatic rings. The van der Waals surface area contributed by atoms with Gasteiger partial charge < -0.3 is 10.2 Å². The summed E-state index contributed by atoms with van der Waals surface area (Å²) in [6.07, 6.45) is 3.58. The first-order valence-electron chi connectivity index (χ1n) is 4.99. The van der Waals surface area contributed by atoms with E-state index in [0.717, 1.165) is 16.9 Å². The summed E-state index contributed by atoms with van der Waals surface area (Å²) in [6, 6.07) is 5.01. The van der Waals surface area contributed by atoms with E-state index < -0.39 is 0 Å². The molecule has 0 bridgehead atoms. The number of aliphatic hydroxyl groups is 1. The molecule has 0 aromatic heterocycles. The molecular weight excluding hydrogens is 176 g/mol. The number of aromatic hydroxyl groups is 1. The number of hydrogen-bond acceptors (Lipinski definition) is 2. The van der Waals surface area contributed by atoms with Gasteiger partial charge >= 0.3 is 0 Å². The molecule has 2 nitrogen and oxygen atoms in total. The van der Waals surface area contributed by atoms with E-state index in [1.54, 1.807) is 18.2 Å². The molecule has 0 aliphatic heterocycles. The van der Waals surface area contributed by atoms with Crippen molar-refractivity contribution in [2.45, 2.75) is 26.7 Å². The quantitative estimate of drug-likeness (QED) is 0.656. The van der Waals surface area contributed by atoms with Crippen molar-refractivity contribution in [2.24, 2.45) is 0 Å². The molecule has 2 rings (SSSR count). The van der Waals surface area contributed by atoms with Gasteiger partial charge in [-0.1, -0.05) is 19.9 Å². The molecule has 0 atom stereocenters. The largest absolute Gasteiger partial charge is 0.512 e. The van der Waals surface area contributed by atoms with Gasteiger partial charge in [0.15, 0.2) is 0 Å². The van der Waals surface area contributed by atoms with Crippen LogP contribution in [0.1, 0.15) is 26.7 Å². The third-order valence-corrected chi connectivity index (χ3v) is 2.09. The highest BCUT2D eigenvalue weighted by Gasteiger charge is 2.01. The second kappa shape index (κ2) is 4.70. The van der Waals surface area contributed by atoms with Gasteiger partial charge in [0, 0.05) is 11.6 Å². The predicted octanol–water partition coefficient (Wildman–Crippen LogP) is 1.66. The highest BCUT2D eigenvalue weighted by molar-refractivity contribution is 5.45. The topological polar surface area (TPSA) is 40.5 Å². The Labute approximate surface area is 83.8 Å². The smallest absolute Gasteiger partial charge is 0.116 e. The number of benzene rings is 1. The highest BCUT2D eigenvalue weighted by atomic mass is 16.3. The van der Waals surface area contributed by atoms with Crippen molar-refractivity contribution in [1.29, 1.82) is 0 Å². The van der Waals surface area contributed by atoms with Crippen molar-refractivity contribution in [3.8, 4) is 5.75 Å². The van der Waals surface area contributed by atoms with E-state index in [1.807, 2.05) is 19.9 Å². The first-order valence-corrected chi connectivity index (χ1v) is 4.99. The lowest BCUT2D eigenvalue weighted by Crippen LogP contribution is -2.28. The summed E-state index contributed by atoms with van der Waals surface area (Å²) >= 11 is 0. The van der Waals surface area contributed by atoms with Crippen molar-refractivity contribution in [3.05, 3.63) is 28.6 Å². The van der Waals surface area contributed by atoms with Crippen molar-refractivity contribution < 1.29 is 10.2 Å². The van der Waals surface area contributed by atoms with Crippen LogP contribution in [0.5, 0.6) is 5.75 Å². The summed E-state index contributed by atoms with van der Waals surface area (Å²) in [4.78, 5) is 0. The minimum absolute atomic E-state index is 0.250. The molecule has 0 amide bonds. The van der Waals surface area contributed by atoms with E-state index in [2.05, 4.69) is 0 Å². The molecule has 2 heteroatoms. The van der Waals surface area contributed by atoms with Crippen LogP contribution >= 0.6 is 0 Å². The van der Waals surface area contributed by atoms with E-state index in [0.29, 0.717) is 12.2 Å². The summed E-state index contributed by atoms with van der Waals surface area (Å²) in [5.41, 5.74) is 0. The van der Waals surface area contributed by atoms with Crippen LogP contribution in [-0.4, -0.2) is 10.2 Å². The van der Waals surface area contributed by atoms with Crippen LogP contribution in [-0.2, 0) is 0 Å². The molecule has 0 radical (unpaired) electrons. The van der Waals surface area contributed by atoms with Gasteiger partial charge in [-0.15, -0.1) is 0 Å². The van der Waals surface area contributed by atoms with E-state index >= 15 is 0 Å². The fourth-order valence-corrected chi connectivity index (χ4v) is 1.48. The van der Waals surface area contributed by atoms with Crippen LogP contribution in [0.4, 0.5) is 0 Å². The summed E-state index contributed by atoms with van der Waals surface area (Å²) < 4.78 is 0. The Balaban J connectivity index is 0.000000461. The fraction of sp³-hybridized carbons (Fsp3) is 0.333. The fourth-order valence-electron chi connectivity index (χ4n) is 1.48. The van der Waals surface area contributed by atoms with Crippen LogP contribution in [0, 0.1) is 0 Å². The Kier molecular flexibility index (Phi) is 3.57.